The second kappa shape index (κ2) is 12.3. The lowest BCUT2D eigenvalue weighted by Gasteiger charge is -2.30. The fourth-order valence-corrected chi connectivity index (χ4v) is 5.69. The topological polar surface area (TPSA) is 92.6 Å². The van der Waals surface area contributed by atoms with Gasteiger partial charge >= 0.3 is 0 Å². The molecule has 1 N–H and O–H groups in total. The van der Waals surface area contributed by atoms with Crippen molar-refractivity contribution in [1.29, 1.82) is 0 Å². The van der Waals surface area contributed by atoms with Crippen LogP contribution in [0.3, 0.4) is 0 Å². The highest BCUT2D eigenvalue weighted by molar-refractivity contribution is 6.18. The molecule has 208 valence electrons. The maximum Gasteiger partial charge on any atom is 0.258 e. The average molecular weight is 554 g/mol. The van der Waals surface area contributed by atoms with Gasteiger partial charge in [0.1, 0.15) is 17.4 Å². The summed E-state index contributed by atoms with van der Waals surface area (Å²) in [7, 11) is 2.12. The van der Waals surface area contributed by atoms with Crippen molar-refractivity contribution in [1.82, 2.24) is 24.3 Å². The summed E-state index contributed by atoms with van der Waals surface area (Å²) in [6.07, 6.45) is 6.28. The minimum absolute atomic E-state index is 0.0332. The zero-order chi connectivity index (χ0) is 28.2. The molecule has 10 heteroatoms. The van der Waals surface area contributed by atoms with Crippen molar-refractivity contribution in [2.45, 2.75) is 57.6 Å². The standard InChI is InChI=1S/C29H37ClN6O3/c1-20-18-21(10-14-31-20)28(38)33-29-32-24-7-5-8-25(39-23-11-16-34(2)17-12-23)27(24)36(29)22-6-3-4-15-35(19-22)26(37)9-13-30/h5,7-8,10,14,18,22-23H,3-4,6,9,11-13,15-17,19H2,1-2H3,(H,32,33,38)/t22-/m1/s1/i10D. The minimum Gasteiger partial charge on any atom is -0.488 e. The SMILES string of the molecule is [2H]c1cnc(C)cc1C(=O)Nc1nc2cccc(OC3CCN(C)CC3)c2n1[C@@H]1CCCCN(C(=O)CCCl)C1. The van der Waals surface area contributed by atoms with Crippen LogP contribution < -0.4 is 10.1 Å². The first-order valence-corrected chi connectivity index (χ1v) is 14.3. The van der Waals surface area contributed by atoms with E-state index >= 15 is 0 Å². The van der Waals surface area contributed by atoms with E-state index in [4.69, 9.17) is 22.7 Å². The molecule has 2 aromatic heterocycles. The molecule has 9 nitrogen and oxygen atoms in total. The number of aromatic nitrogens is 3. The minimum atomic E-state index is -0.423. The highest BCUT2D eigenvalue weighted by Crippen LogP contribution is 2.36. The number of nitrogens with one attached hydrogen (secondary N) is 1. The Morgan fingerprint density at radius 2 is 2.03 bits per heavy atom. The van der Waals surface area contributed by atoms with E-state index in [9.17, 15) is 9.59 Å². The zero-order valence-corrected chi connectivity index (χ0v) is 23.4. The number of piperidine rings is 1. The number of benzene rings is 1. The smallest absolute Gasteiger partial charge is 0.258 e. The molecule has 0 bridgehead atoms. The molecule has 1 atom stereocenters. The molecule has 0 unspecified atom stereocenters. The Balaban J connectivity index is 1.56. The van der Waals surface area contributed by atoms with Crippen LogP contribution in [0.4, 0.5) is 5.95 Å². The number of hydrogen-bond donors (Lipinski definition) is 1. The third-order valence-corrected chi connectivity index (χ3v) is 7.81. The van der Waals surface area contributed by atoms with Crippen LogP contribution >= 0.6 is 11.6 Å². The summed E-state index contributed by atoms with van der Waals surface area (Å²) >= 11 is 5.91. The van der Waals surface area contributed by atoms with Crippen molar-refractivity contribution in [3.05, 3.63) is 47.8 Å². The van der Waals surface area contributed by atoms with E-state index < -0.39 is 5.91 Å². The number of nitrogens with zero attached hydrogens (tertiary/aromatic N) is 5. The number of likely N-dealkylation sites (tertiary alicyclic amines) is 2. The Bertz CT molecular complexity index is 1370. The summed E-state index contributed by atoms with van der Waals surface area (Å²) in [6.45, 7) is 4.91. The number of rotatable bonds is 7. The number of fused-ring (bicyclic) bond motifs is 1. The molecule has 2 saturated heterocycles. The highest BCUT2D eigenvalue weighted by atomic mass is 35.5. The quantitative estimate of drug-likeness (QED) is 0.428. The number of carbonyl (C=O) groups is 2. The molecule has 39 heavy (non-hydrogen) atoms. The van der Waals surface area contributed by atoms with Crippen LogP contribution in [-0.4, -0.2) is 81.4 Å². The molecule has 2 aliphatic rings. The summed E-state index contributed by atoms with van der Waals surface area (Å²) in [5.74, 6) is 0.998. The van der Waals surface area contributed by atoms with Gasteiger partial charge in [-0.25, -0.2) is 4.98 Å². The molecule has 2 aliphatic heterocycles. The Hall–Kier alpha value is -3.17. The van der Waals surface area contributed by atoms with Crippen LogP contribution in [0.5, 0.6) is 5.75 Å². The largest absolute Gasteiger partial charge is 0.488 e. The lowest BCUT2D eigenvalue weighted by Crippen LogP contribution is -2.36. The molecule has 3 aromatic rings. The molecule has 4 heterocycles. The third kappa shape index (κ3) is 6.36. The Kier molecular flexibility index (Phi) is 8.25. The van der Waals surface area contributed by atoms with Gasteiger partial charge in [-0.05, 0) is 70.3 Å². The molecule has 2 fully saturated rings. The van der Waals surface area contributed by atoms with Crippen LogP contribution in [0.15, 0.2) is 36.5 Å². The second-order valence-corrected chi connectivity index (χ2v) is 10.9. The second-order valence-electron chi connectivity index (χ2n) is 10.5. The number of para-hydroxylation sites is 1. The maximum atomic E-state index is 13.4. The van der Waals surface area contributed by atoms with Gasteiger partial charge < -0.3 is 19.1 Å². The fourth-order valence-electron chi connectivity index (χ4n) is 5.53. The molecular weight excluding hydrogens is 516 g/mol. The molecule has 0 spiro atoms. The van der Waals surface area contributed by atoms with Gasteiger partial charge in [0.05, 0.1) is 12.9 Å². The highest BCUT2D eigenvalue weighted by Gasteiger charge is 2.29. The number of alkyl halides is 1. The molecule has 0 aliphatic carbocycles. The number of ether oxygens (including phenoxy) is 1. The lowest BCUT2D eigenvalue weighted by atomic mass is 10.1. The van der Waals surface area contributed by atoms with Crippen molar-refractivity contribution >= 4 is 40.4 Å². The molecule has 1 aromatic carbocycles. The van der Waals surface area contributed by atoms with E-state index in [-0.39, 0.29) is 35.5 Å². The Morgan fingerprint density at radius 3 is 2.82 bits per heavy atom. The lowest BCUT2D eigenvalue weighted by molar-refractivity contribution is -0.131. The number of anilines is 1. The number of imidazole rings is 1. The summed E-state index contributed by atoms with van der Waals surface area (Å²) in [4.78, 5) is 39.5. The first-order valence-electron chi connectivity index (χ1n) is 14.3. The molecule has 2 amide bonds. The van der Waals surface area contributed by atoms with E-state index in [1.165, 1.54) is 6.20 Å². The van der Waals surface area contributed by atoms with Gasteiger partial charge in [0.15, 0.2) is 0 Å². The van der Waals surface area contributed by atoms with Crippen LogP contribution in [-0.2, 0) is 4.79 Å². The molecule has 0 radical (unpaired) electrons. The number of halogens is 1. The Labute approximate surface area is 235 Å². The van der Waals surface area contributed by atoms with E-state index in [0.717, 1.165) is 56.5 Å². The average Bonchev–Trinajstić information content (AvgIpc) is 3.12. The van der Waals surface area contributed by atoms with E-state index in [1.807, 2.05) is 27.7 Å². The number of pyridine rings is 1. The summed E-state index contributed by atoms with van der Waals surface area (Å²) in [6, 6.07) is 7.34. The predicted molar refractivity (Wildman–Crippen MR) is 153 cm³/mol. The van der Waals surface area contributed by atoms with Gasteiger partial charge in [-0.15, -0.1) is 11.6 Å². The van der Waals surface area contributed by atoms with Crippen molar-refractivity contribution in [2.24, 2.45) is 0 Å². The van der Waals surface area contributed by atoms with Gasteiger partial charge in [-0.1, -0.05) is 6.07 Å². The van der Waals surface area contributed by atoms with Gasteiger partial charge in [0, 0.05) is 55.9 Å². The van der Waals surface area contributed by atoms with E-state index in [2.05, 4.69) is 22.2 Å². The van der Waals surface area contributed by atoms with Crippen LogP contribution in [0, 0.1) is 6.92 Å². The van der Waals surface area contributed by atoms with Gasteiger partial charge in [0.2, 0.25) is 11.9 Å². The Morgan fingerprint density at radius 1 is 1.21 bits per heavy atom. The van der Waals surface area contributed by atoms with Crippen molar-refractivity contribution in [3.63, 3.8) is 0 Å². The van der Waals surface area contributed by atoms with Crippen LogP contribution in [0.2, 0.25) is 0 Å². The normalized spacial score (nSPS) is 19.5. The van der Waals surface area contributed by atoms with Crippen LogP contribution in [0.1, 0.15) is 62.0 Å². The molecule has 5 rings (SSSR count). The first-order chi connectivity index (χ1) is 19.3. The monoisotopic (exact) mass is 553 g/mol. The van der Waals surface area contributed by atoms with Crippen molar-refractivity contribution < 1.29 is 15.7 Å². The van der Waals surface area contributed by atoms with Crippen LogP contribution in [0.25, 0.3) is 11.0 Å². The molecular formula is C29H37ClN6O3. The summed E-state index contributed by atoms with van der Waals surface area (Å²) in [5.41, 5.74) is 2.40. The predicted octanol–water partition coefficient (Wildman–Crippen LogP) is 4.65. The molecule has 0 saturated carbocycles. The van der Waals surface area contributed by atoms with E-state index in [1.54, 1.807) is 13.0 Å². The zero-order valence-electron chi connectivity index (χ0n) is 23.7. The number of carbonyl (C=O) groups excluding carboxylic acids is 2. The first kappa shape index (κ1) is 26.1. The number of amides is 2. The fraction of sp³-hybridized carbons (Fsp3) is 0.517. The summed E-state index contributed by atoms with van der Waals surface area (Å²) in [5, 5.41) is 2.99. The summed E-state index contributed by atoms with van der Waals surface area (Å²) < 4.78 is 16.9. The van der Waals surface area contributed by atoms with Crippen molar-refractivity contribution in [2.75, 3.05) is 44.4 Å². The number of aryl methyl sites for hydroxylation is 1. The van der Waals surface area contributed by atoms with Crippen molar-refractivity contribution in [3.8, 4) is 5.75 Å². The van der Waals surface area contributed by atoms with Gasteiger partial charge in [-0.3, -0.25) is 19.9 Å². The van der Waals surface area contributed by atoms with Gasteiger partial charge in [-0.2, -0.15) is 0 Å². The third-order valence-electron chi connectivity index (χ3n) is 7.62. The number of hydrogen-bond acceptors (Lipinski definition) is 6. The van der Waals surface area contributed by atoms with Gasteiger partial charge in [0.25, 0.3) is 5.91 Å². The maximum absolute atomic E-state index is 13.4. The van der Waals surface area contributed by atoms with E-state index in [0.29, 0.717) is 36.7 Å².